The molecule has 6 nitrogen and oxygen atoms in total. The maximum Gasteiger partial charge on any atom is 0.231 e. The van der Waals surface area contributed by atoms with Gasteiger partial charge < -0.3 is 15.0 Å². The van der Waals surface area contributed by atoms with Gasteiger partial charge >= 0.3 is 0 Å². The number of benzene rings is 2. The number of hydrogen-bond acceptors (Lipinski definition) is 5. The lowest BCUT2D eigenvalue weighted by molar-refractivity contribution is -0.122. The summed E-state index contributed by atoms with van der Waals surface area (Å²) in [6, 6.07) is 13.3. The molecule has 0 aliphatic carbocycles. The number of methoxy groups -OCH3 is 1. The van der Waals surface area contributed by atoms with E-state index in [4.69, 9.17) is 4.74 Å². The van der Waals surface area contributed by atoms with E-state index in [9.17, 15) is 9.59 Å². The Labute approximate surface area is 160 Å². The minimum absolute atomic E-state index is 0.0292. The number of ether oxygens (including phenoxy) is 1. The lowest BCUT2D eigenvalue weighted by Gasteiger charge is -2.18. The van der Waals surface area contributed by atoms with Crippen LogP contribution in [0.3, 0.4) is 0 Å². The summed E-state index contributed by atoms with van der Waals surface area (Å²) in [7, 11) is 1.61. The van der Waals surface area contributed by atoms with Crippen LogP contribution >= 0.6 is 11.3 Å². The second kappa shape index (κ2) is 7.00. The quantitative estimate of drug-likeness (QED) is 0.749. The summed E-state index contributed by atoms with van der Waals surface area (Å²) in [4.78, 5) is 31.2. The highest BCUT2D eigenvalue weighted by molar-refractivity contribution is 7.22. The second-order valence-corrected chi connectivity index (χ2v) is 7.56. The smallest absolute Gasteiger partial charge is 0.231 e. The van der Waals surface area contributed by atoms with Crippen LogP contribution in [-0.4, -0.2) is 30.5 Å². The molecule has 2 aromatic carbocycles. The molecule has 2 amide bonds. The number of amides is 2. The summed E-state index contributed by atoms with van der Waals surface area (Å²) < 4.78 is 6.16. The molecule has 2 heterocycles. The molecule has 1 aromatic heterocycles. The van der Waals surface area contributed by atoms with Crippen molar-refractivity contribution < 1.29 is 14.3 Å². The summed E-state index contributed by atoms with van der Waals surface area (Å²) in [6.45, 7) is 2.35. The van der Waals surface area contributed by atoms with Gasteiger partial charge in [-0.2, -0.15) is 0 Å². The number of carbonyl (C=O) groups excluding carboxylic acids is 2. The zero-order valence-electron chi connectivity index (χ0n) is 15.1. The third-order valence-electron chi connectivity index (χ3n) is 4.73. The Morgan fingerprint density at radius 2 is 2.11 bits per heavy atom. The van der Waals surface area contributed by atoms with Crippen LogP contribution in [0.2, 0.25) is 0 Å². The van der Waals surface area contributed by atoms with Crippen LogP contribution in [0.15, 0.2) is 42.5 Å². The Balaban J connectivity index is 1.49. The van der Waals surface area contributed by atoms with Crippen molar-refractivity contribution in [2.24, 2.45) is 5.92 Å². The highest BCUT2D eigenvalue weighted by Gasteiger charge is 2.35. The molecule has 0 radical (unpaired) electrons. The molecular weight excluding hydrogens is 362 g/mol. The van der Waals surface area contributed by atoms with Gasteiger partial charge in [-0.25, -0.2) is 4.98 Å². The van der Waals surface area contributed by atoms with E-state index in [1.54, 1.807) is 12.0 Å². The third-order valence-corrected chi connectivity index (χ3v) is 5.66. The third kappa shape index (κ3) is 3.38. The van der Waals surface area contributed by atoms with Gasteiger partial charge in [-0.1, -0.05) is 29.5 Å². The molecule has 1 N–H and O–H groups in total. The van der Waals surface area contributed by atoms with Gasteiger partial charge in [0.1, 0.15) is 5.75 Å². The molecule has 1 aliphatic heterocycles. The summed E-state index contributed by atoms with van der Waals surface area (Å²) in [5.41, 5.74) is 2.69. The Morgan fingerprint density at radius 3 is 2.89 bits per heavy atom. The maximum absolute atomic E-state index is 12.7. The van der Waals surface area contributed by atoms with Crippen LogP contribution in [-0.2, 0) is 9.59 Å². The fraction of sp³-hybridized carbons (Fsp3) is 0.250. The lowest BCUT2D eigenvalue weighted by Crippen LogP contribution is -2.28. The molecule has 1 atom stereocenters. The number of para-hydroxylation sites is 1. The predicted octanol–water partition coefficient (Wildman–Crippen LogP) is 3.60. The van der Waals surface area contributed by atoms with E-state index in [-0.39, 0.29) is 18.2 Å². The van der Waals surface area contributed by atoms with Crippen LogP contribution in [0.5, 0.6) is 5.75 Å². The van der Waals surface area contributed by atoms with Crippen molar-refractivity contribution in [1.82, 2.24) is 4.98 Å². The number of hydrogen-bond donors (Lipinski definition) is 1. The lowest BCUT2D eigenvalue weighted by atomic mass is 10.1. The molecule has 27 heavy (non-hydrogen) atoms. The number of anilines is 2. The first-order valence-corrected chi connectivity index (χ1v) is 9.48. The van der Waals surface area contributed by atoms with Gasteiger partial charge in [-0.3, -0.25) is 9.59 Å². The topological polar surface area (TPSA) is 71.5 Å². The van der Waals surface area contributed by atoms with Crippen molar-refractivity contribution in [3.05, 3.63) is 48.0 Å². The first-order chi connectivity index (χ1) is 13.0. The Morgan fingerprint density at radius 1 is 1.30 bits per heavy atom. The minimum atomic E-state index is -0.390. The first-order valence-electron chi connectivity index (χ1n) is 8.66. The van der Waals surface area contributed by atoms with E-state index in [1.165, 1.54) is 11.3 Å². The predicted molar refractivity (Wildman–Crippen MR) is 106 cm³/mol. The monoisotopic (exact) mass is 381 g/mol. The van der Waals surface area contributed by atoms with E-state index < -0.39 is 5.92 Å². The van der Waals surface area contributed by atoms with Crippen molar-refractivity contribution in [2.45, 2.75) is 13.3 Å². The van der Waals surface area contributed by atoms with Crippen LogP contribution in [0.1, 0.15) is 12.0 Å². The zero-order valence-corrected chi connectivity index (χ0v) is 15.9. The van der Waals surface area contributed by atoms with E-state index in [1.807, 2.05) is 49.4 Å². The number of rotatable bonds is 4. The molecule has 1 aliphatic rings. The van der Waals surface area contributed by atoms with Crippen molar-refractivity contribution in [3.8, 4) is 5.75 Å². The van der Waals surface area contributed by atoms with Gasteiger partial charge in [0.15, 0.2) is 5.13 Å². The SMILES string of the molecule is COc1ccc2nc(NC(=O)C3CC(=O)N(c4ccccc4C)C3)sc2c1. The van der Waals surface area contributed by atoms with Gasteiger partial charge in [0.25, 0.3) is 0 Å². The van der Waals surface area contributed by atoms with E-state index in [2.05, 4.69) is 10.3 Å². The Bertz CT molecular complexity index is 1030. The molecular formula is C20H19N3O3S. The van der Waals surface area contributed by atoms with Crippen molar-refractivity contribution in [2.75, 3.05) is 23.9 Å². The number of nitrogens with one attached hydrogen (secondary N) is 1. The van der Waals surface area contributed by atoms with Crippen LogP contribution in [0, 0.1) is 12.8 Å². The largest absolute Gasteiger partial charge is 0.497 e. The molecule has 138 valence electrons. The van der Waals surface area contributed by atoms with Crippen LogP contribution in [0.25, 0.3) is 10.2 Å². The molecule has 4 rings (SSSR count). The Hall–Kier alpha value is -2.93. The summed E-state index contributed by atoms with van der Waals surface area (Å²) in [5, 5.41) is 3.40. The van der Waals surface area contributed by atoms with E-state index >= 15 is 0 Å². The van der Waals surface area contributed by atoms with Gasteiger partial charge in [-0.15, -0.1) is 0 Å². The minimum Gasteiger partial charge on any atom is -0.497 e. The molecule has 3 aromatic rings. The summed E-state index contributed by atoms with van der Waals surface area (Å²) in [5.74, 6) is 0.155. The van der Waals surface area contributed by atoms with Gasteiger partial charge in [0.2, 0.25) is 11.8 Å². The summed E-state index contributed by atoms with van der Waals surface area (Å²) >= 11 is 1.39. The van der Waals surface area contributed by atoms with E-state index in [0.29, 0.717) is 11.7 Å². The molecule has 0 spiro atoms. The van der Waals surface area contributed by atoms with Crippen molar-refractivity contribution >= 4 is 44.2 Å². The highest BCUT2D eigenvalue weighted by atomic mass is 32.1. The number of nitrogens with zero attached hydrogens (tertiary/aromatic N) is 2. The number of carbonyl (C=O) groups is 2. The normalized spacial score (nSPS) is 16.7. The van der Waals surface area contributed by atoms with Gasteiger partial charge in [0, 0.05) is 18.7 Å². The molecule has 1 fully saturated rings. The average Bonchev–Trinajstić information content (AvgIpc) is 3.24. The number of fused-ring (bicyclic) bond motifs is 1. The van der Waals surface area contributed by atoms with Gasteiger partial charge in [0.05, 0.1) is 23.2 Å². The summed E-state index contributed by atoms with van der Waals surface area (Å²) in [6.07, 6.45) is 0.207. The fourth-order valence-corrected chi connectivity index (χ4v) is 4.17. The fourth-order valence-electron chi connectivity index (χ4n) is 3.28. The first kappa shape index (κ1) is 17.5. The molecule has 1 saturated heterocycles. The molecule has 1 unspecified atom stereocenters. The molecule has 0 bridgehead atoms. The van der Waals surface area contributed by atoms with E-state index in [0.717, 1.165) is 27.2 Å². The van der Waals surface area contributed by atoms with Crippen molar-refractivity contribution in [3.63, 3.8) is 0 Å². The number of aryl methyl sites for hydroxylation is 1. The highest BCUT2D eigenvalue weighted by Crippen LogP contribution is 2.31. The van der Waals surface area contributed by atoms with Crippen LogP contribution < -0.4 is 15.0 Å². The second-order valence-electron chi connectivity index (χ2n) is 6.53. The maximum atomic E-state index is 12.7. The van der Waals surface area contributed by atoms with Gasteiger partial charge in [-0.05, 0) is 36.8 Å². The number of thiazole rings is 1. The van der Waals surface area contributed by atoms with Crippen molar-refractivity contribution in [1.29, 1.82) is 0 Å². The number of aromatic nitrogens is 1. The molecule has 0 saturated carbocycles. The standard InChI is InChI=1S/C20H19N3O3S/c1-12-5-3-4-6-16(12)23-11-13(9-18(23)24)19(25)22-20-21-15-8-7-14(26-2)10-17(15)27-20/h3-8,10,13H,9,11H2,1-2H3,(H,21,22,25). The molecule has 7 heteroatoms. The average molecular weight is 381 g/mol. The van der Waals surface area contributed by atoms with Crippen LogP contribution in [0.4, 0.5) is 10.8 Å². The Kier molecular flexibility index (Phi) is 4.53. The zero-order chi connectivity index (χ0) is 19.0.